The quantitative estimate of drug-likeness (QED) is 0.564. The molecule has 174 valence electrons. The molecule has 7 heteroatoms. The van der Waals surface area contributed by atoms with Gasteiger partial charge in [-0.25, -0.2) is 4.98 Å². The third-order valence-corrected chi connectivity index (χ3v) is 6.36. The molecule has 0 bridgehead atoms. The minimum atomic E-state index is -0.102. The van der Waals surface area contributed by atoms with Gasteiger partial charge >= 0.3 is 0 Å². The normalized spacial score (nSPS) is 14.6. The topological polar surface area (TPSA) is 70.5 Å². The van der Waals surface area contributed by atoms with Gasteiger partial charge < -0.3 is 14.8 Å². The Bertz CT molecular complexity index is 1190. The minimum Gasteiger partial charge on any atom is -0.369 e. The summed E-state index contributed by atoms with van der Waals surface area (Å²) in [6.45, 7) is 12.1. The molecule has 1 saturated heterocycles. The molecule has 7 nitrogen and oxygen atoms in total. The highest BCUT2D eigenvalue weighted by molar-refractivity contribution is 5.97. The van der Waals surface area contributed by atoms with Gasteiger partial charge in [0.25, 0.3) is 11.5 Å². The monoisotopic (exact) mass is 447 g/mol. The SMILES string of the molecule is CCn1c(=O)c(C)nc2cc(C(=O)NCCCN3CCN(c4cccc(C)c4)CC3)ccc21. The van der Waals surface area contributed by atoms with Gasteiger partial charge in [0.15, 0.2) is 0 Å². The van der Waals surface area contributed by atoms with Gasteiger partial charge in [0.05, 0.1) is 11.0 Å². The van der Waals surface area contributed by atoms with Gasteiger partial charge in [0, 0.05) is 50.5 Å². The first kappa shape index (κ1) is 23.0. The molecule has 33 heavy (non-hydrogen) atoms. The Kier molecular flexibility index (Phi) is 7.08. The van der Waals surface area contributed by atoms with E-state index in [2.05, 4.69) is 51.3 Å². The Morgan fingerprint density at radius 1 is 1.06 bits per heavy atom. The molecular formula is C26H33N5O2. The summed E-state index contributed by atoms with van der Waals surface area (Å²) in [5.74, 6) is -0.102. The third kappa shape index (κ3) is 5.25. The van der Waals surface area contributed by atoms with Crippen molar-refractivity contribution >= 4 is 22.6 Å². The van der Waals surface area contributed by atoms with Gasteiger partial charge in [-0.15, -0.1) is 0 Å². The lowest BCUT2D eigenvalue weighted by Crippen LogP contribution is -2.47. The van der Waals surface area contributed by atoms with Crippen molar-refractivity contribution in [3.8, 4) is 0 Å². The van der Waals surface area contributed by atoms with Crippen LogP contribution in [0.1, 0.15) is 35.0 Å². The molecule has 1 aliphatic heterocycles. The highest BCUT2D eigenvalue weighted by Crippen LogP contribution is 2.18. The van der Waals surface area contributed by atoms with Crippen molar-refractivity contribution in [3.05, 3.63) is 69.6 Å². The Hall–Kier alpha value is -3.19. The summed E-state index contributed by atoms with van der Waals surface area (Å²) < 4.78 is 1.69. The first-order chi connectivity index (χ1) is 16.0. The maximum Gasteiger partial charge on any atom is 0.272 e. The van der Waals surface area contributed by atoms with Gasteiger partial charge in [-0.1, -0.05) is 12.1 Å². The number of hydrogen-bond acceptors (Lipinski definition) is 5. The van der Waals surface area contributed by atoms with Crippen molar-refractivity contribution in [3.63, 3.8) is 0 Å². The zero-order chi connectivity index (χ0) is 23.4. The Labute approximate surface area is 195 Å². The Balaban J connectivity index is 1.26. The zero-order valence-electron chi connectivity index (χ0n) is 19.8. The summed E-state index contributed by atoms with van der Waals surface area (Å²) in [5, 5.41) is 3.03. The van der Waals surface area contributed by atoms with E-state index in [-0.39, 0.29) is 11.5 Å². The first-order valence-electron chi connectivity index (χ1n) is 11.8. The van der Waals surface area contributed by atoms with E-state index in [1.54, 1.807) is 23.6 Å². The second-order valence-electron chi connectivity index (χ2n) is 8.73. The molecule has 1 N–H and O–H groups in total. The number of carbonyl (C=O) groups excluding carboxylic acids is 1. The molecule has 0 aliphatic carbocycles. The number of rotatable bonds is 7. The van der Waals surface area contributed by atoms with Crippen LogP contribution in [0.4, 0.5) is 5.69 Å². The number of nitrogens with one attached hydrogen (secondary N) is 1. The van der Waals surface area contributed by atoms with Crippen LogP contribution in [0.25, 0.3) is 11.0 Å². The van der Waals surface area contributed by atoms with E-state index in [4.69, 9.17) is 0 Å². The van der Waals surface area contributed by atoms with E-state index in [1.165, 1.54) is 11.3 Å². The number of amides is 1. The van der Waals surface area contributed by atoms with Gasteiger partial charge in [0.2, 0.25) is 0 Å². The minimum absolute atomic E-state index is 0.0816. The number of piperazine rings is 1. The van der Waals surface area contributed by atoms with Crippen LogP contribution in [-0.4, -0.2) is 59.6 Å². The first-order valence-corrected chi connectivity index (χ1v) is 11.8. The van der Waals surface area contributed by atoms with Crippen molar-refractivity contribution < 1.29 is 4.79 Å². The summed E-state index contributed by atoms with van der Waals surface area (Å²) in [6, 6.07) is 14.0. The van der Waals surface area contributed by atoms with Crippen LogP contribution in [0.2, 0.25) is 0 Å². The molecular weight excluding hydrogens is 414 g/mol. The van der Waals surface area contributed by atoms with Crippen molar-refractivity contribution in [2.24, 2.45) is 0 Å². The lowest BCUT2D eigenvalue weighted by atomic mass is 10.1. The number of hydrogen-bond donors (Lipinski definition) is 1. The standard InChI is InChI=1S/C26H33N5O2/c1-4-31-24-10-9-21(18-23(24)28-20(3)26(31)33)25(32)27-11-6-12-29-13-15-30(16-14-29)22-8-5-7-19(2)17-22/h5,7-10,17-18H,4,6,11-16H2,1-3H3,(H,27,32). The van der Waals surface area contributed by atoms with E-state index in [9.17, 15) is 9.59 Å². The van der Waals surface area contributed by atoms with Crippen LogP contribution < -0.4 is 15.8 Å². The summed E-state index contributed by atoms with van der Waals surface area (Å²) >= 11 is 0. The van der Waals surface area contributed by atoms with Crippen LogP contribution >= 0.6 is 0 Å². The van der Waals surface area contributed by atoms with Gasteiger partial charge in [-0.05, 0) is 69.6 Å². The molecule has 3 aromatic rings. The summed E-state index contributed by atoms with van der Waals surface area (Å²) in [4.78, 5) is 34.2. The van der Waals surface area contributed by atoms with Crippen LogP contribution in [0.15, 0.2) is 47.3 Å². The largest absolute Gasteiger partial charge is 0.369 e. The van der Waals surface area contributed by atoms with E-state index < -0.39 is 0 Å². The molecule has 4 rings (SSSR count). The molecule has 1 amide bonds. The van der Waals surface area contributed by atoms with Gasteiger partial charge in [-0.2, -0.15) is 0 Å². The highest BCUT2D eigenvalue weighted by Gasteiger charge is 2.17. The number of benzene rings is 2. The lowest BCUT2D eigenvalue weighted by Gasteiger charge is -2.36. The second-order valence-corrected chi connectivity index (χ2v) is 8.73. The fraction of sp³-hybridized carbons (Fsp3) is 0.423. The predicted octanol–water partition coefficient (Wildman–Crippen LogP) is 2.98. The summed E-state index contributed by atoms with van der Waals surface area (Å²) in [7, 11) is 0. The number of fused-ring (bicyclic) bond motifs is 1. The van der Waals surface area contributed by atoms with Crippen LogP contribution in [-0.2, 0) is 6.54 Å². The van der Waals surface area contributed by atoms with E-state index in [0.717, 1.165) is 44.7 Å². The molecule has 0 atom stereocenters. The fourth-order valence-electron chi connectivity index (χ4n) is 4.49. The molecule has 0 radical (unpaired) electrons. The molecule has 0 saturated carbocycles. The molecule has 2 aromatic carbocycles. The summed E-state index contributed by atoms with van der Waals surface area (Å²) in [5.41, 5.74) is 4.97. The Morgan fingerprint density at radius 2 is 1.85 bits per heavy atom. The lowest BCUT2D eigenvalue weighted by molar-refractivity contribution is 0.0951. The van der Waals surface area contributed by atoms with Crippen molar-refractivity contribution in [1.82, 2.24) is 19.8 Å². The van der Waals surface area contributed by atoms with Gasteiger partial charge in [-0.3, -0.25) is 14.5 Å². The number of nitrogens with zero attached hydrogens (tertiary/aromatic N) is 4. The second kappa shape index (κ2) is 10.2. The number of anilines is 1. The van der Waals surface area contributed by atoms with E-state index in [1.807, 2.05) is 13.0 Å². The number of carbonyl (C=O) groups is 1. The maximum absolute atomic E-state index is 12.6. The van der Waals surface area contributed by atoms with Crippen LogP contribution in [0, 0.1) is 13.8 Å². The maximum atomic E-state index is 12.6. The average molecular weight is 448 g/mol. The number of aryl methyl sites for hydroxylation is 3. The molecule has 2 heterocycles. The smallest absolute Gasteiger partial charge is 0.272 e. The van der Waals surface area contributed by atoms with Crippen LogP contribution in [0.3, 0.4) is 0 Å². The van der Waals surface area contributed by atoms with Crippen molar-refractivity contribution in [2.45, 2.75) is 33.7 Å². The molecule has 1 fully saturated rings. The molecule has 0 unspecified atom stereocenters. The molecule has 0 spiro atoms. The third-order valence-electron chi connectivity index (χ3n) is 6.36. The van der Waals surface area contributed by atoms with E-state index >= 15 is 0 Å². The fourth-order valence-corrected chi connectivity index (χ4v) is 4.49. The predicted molar refractivity (Wildman–Crippen MR) is 133 cm³/mol. The van der Waals surface area contributed by atoms with Crippen molar-refractivity contribution in [1.29, 1.82) is 0 Å². The molecule has 1 aliphatic rings. The summed E-state index contributed by atoms with van der Waals surface area (Å²) in [6.07, 6.45) is 0.913. The zero-order valence-corrected chi connectivity index (χ0v) is 19.8. The number of aromatic nitrogens is 2. The van der Waals surface area contributed by atoms with Crippen molar-refractivity contribution in [2.75, 3.05) is 44.2 Å². The Morgan fingerprint density at radius 3 is 2.58 bits per heavy atom. The van der Waals surface area contributed by atoms with Crippen LogP contribution in [0.5, 0.6) is 0 Å². The van der Waals surface area contributed by atoms with E-state index in [0.29, 0.717) is 29.9 Å². The van der Waals surface area contributed by atoms with Gasteiger partial charge in [0.1, 0.15) is 5.69 Å². The molecule has 1 aromatic heterocycles. The average Bonchev–Trinajstić information content (AvgIpc) is 2.82. The highest BCUT2D eigenvalue weighted by atomic mass is 16.1.